The summed E-state index contributed by atoms with van der Waals surface area (Å²) in [5.41, 5.74) is 6.90. The fourth-order valence-corrected chi connectivity index (χ4v) is 3.10. The third-order valence-electron chi connectivity index (χ3n) is 4.42. The Kier molecular flexibility index (Phi) is 4.84. The molecule has 0 saturated carbocycles. The third-order valence-corrected chi connectivity index (χ3v) is 4.42. The monoisotopic (exact) mass is 298 g/mol. The summed E-state index contributed by atoms with van der Waals surface area (Å²) in [6.45, 7) is 5.34. The molecule has 3 N–H and O–H groups in total. The number of nitrogens with two attached hydrogens (primary N) is 1. The van der Waals surface area contributed by atoms with Gasteiger partial charge in [-0.1, -0.05) is 19.9 Å². The molecule has 2 atom stereocenters. The third kappa shape index (κ3) is 3.19. The molecule has 1 aliphatic heterocycles. The second-order valence-electron chi connectivity index (χ2n) is 6.30. The second kappa shape index (κ2) is 6.28. The van der Waals surface area contributed by atoms with E-state index in [9.17, 15) is 13.9 Å². The number of likely N-dealkylation sites (tertiary alicyclic amines) is 1. The topological polar surface area (TPSA) is 49.5 Å². The molecular weight excluding hydrogens is 274 g/mol. The van der Waals surface area contributed by atoms with Crippen molar-refractivity contribution in [2.45, 2.75) is 38.7 Å². The van der Waals surface area contributed by atoms with Crippen LogP contribution in [0.1, 0.15) is 55.3 Å². The first-order valence-corrected chi connectivity index (χ1v) is 7.40. The van der Waals surface area contributed by atoms with Crippen LogP contribution >= 0.6 is 0 Å². The minimum atomic E-state index is -2.67. The summed E-state index contributed by atoms with van der Waals surface area (Å²) in [6, 6.07) is 3.24. The zero-order chi connectivity index (χ0) is 15.7. The van der Waals surface area contributed by atoms with Crippen LogP contribution in [-0.4, -0.2) is 30.1 Å². The Hall–Kier alpha value is -1.20. The normalized spacial score (nSPS) is 23.4. The van der Waals surface area contributed by atoms with Crippen molar-refractivity contribution >= 4 is 0 Å². The van der Waals surface area contributed by atoms with Crippen LogP contribution in [0.4, 0.5) is 8.78 Å². The molecule has 0 radical (unpaired) electrons. The fraction of sp³-hybridized carbons (Fsp3) is 0.625. The average Bonchev–Trinajstić information content (AvgIpc) is 2.79. The van der Waals surface area contributed by atoms with Crippen LogP contribution in [0.2, 0.25) is 0 Å². The van der Waals surface area contributed by atoms with Gasteiger partial charge in [-0.15, -0.1) is 0 Å². The predicted molar refractivity (Wildman–Crippen MR) is 79.7 cm³/mol. The molecule has 2 unspecified atom stereocenters. The van der Waals surface area contributed by atoms with Crippen molar-refractivity contribution < 1.29 is 13.9 Å². The lowest BCUT2D eigenvalue weighted by atomic mass is 9.91. The lowest BCUT2D eigenvalue weighted by molar-refractivity contribution is 0.146. The molecule has 1 fully saturated rings. The van der Waals surface area contributed by atoms with Crippen molar-refractivity contribution in [2.24, 2.45) is 11.7 Å². The highest BCUT2D eigenvalue weighted by Gasteiger charge is 2.33. The first-order valence-electron chi connectivity index (χ1n) is 7.40. The summed E-state index contributed by atoms with van der Waals surface area (Å²) in [4.78, 5) is 2.09. The van der Waals surface area contributed by atoms with Gasteiger partial charge in [-0.05, 0) is 43.5 Å². The van der Waals surface area contributed by atoms with Gasteiger partial charge in [0.15, 0.2) is 0 Å². The highest BCUT2D eigenvalue weighted by molar-refractivity contribution is 5.47. The highest BCUT2D eigenvalue weighted by atomic mass is 19.3. The molecule has 0 aliphatic carbocycles. The number of phenols is 1. The molecule has 0 amide bonds. The summed E-state index contributed by atoms with van der Waals surface area (Å²) >= 11 is 0. The molecule has 5 heteroatoms. The summed E-state index contributed by atoms with van der Waals surface area (Å²) in [5, 5.41) is 10.3. The Bertz CT molecular complexity index is 505. The number of aromatic hydroxyl groups is 1. The SMILES string of the molecule is CC(C)c1cc(C(F)F)c(O)c(C2CC(CN)CN2C)c1. The van der Waals surface area contributed by atoms with E-state index in [4.69, 9.17) is 5.73 Å². The van der Waals surface area contributed by atoms with Crippen LogP contribution in [0.15, 0.2) is 12.1 Å². The van der Waals surface area contributed by atoms with E-state index in [0.717, 1.165) is 18.5 Å². The van der Waals surface area contributed by atoms with Crippen LogP contribution in [0.5, 0.6) is 5.75 Å². The lowest BCUT2D eigenvalue weighted by Gasteiger charge is -2.23. The molecule has 1 aliphatic rings. The van der Waals surface area contributed by atoms with Crippen molar-refractivity contribution in [3.63, 3.8) is 0 Å². The van der Waals surface area contributed by atoms with E-state index in [1.54, 1.807) is 0 Å². The Morgan fingerprint density at radius 3 is 2.52 bits per heavy atom. The largest absolute Gasteiger partial charge is 0.507 e. The van der Waals surface area contributed by atoms with Crippen molar-refractivity contribution in [1.29, 1.82) is 0 Å². The van der Waals surface area contributed by atoms with Crippen LogP contribution in [-0.2, 0) is 0 Å². The molecule has 1 saturated heterocycles. The summed E-state index contributed by atoms with van der Waals surface area (Å²) < 4.78 is 26.4. The van der Waals surface area contributed by atoms with Gasteiger partial charge in [0, 0.05) is 18.2 Å². The molecule has 3 nitrogen and oxygen atoms in total. The number of hydrogen-bond donors (Lipinski definition) is 2. The van der Waals surface area contributed by atoms with Crippen LogP contribution in [0.25, 0.3) is 0 Å². The summed E-state index contributed by atoms with van der Waals surface area (Å²) in [7, 11) is 1.95. The smallest absolute Gasteiger partial charge is 0.267 e. The van der Waals surface area contributed by atoms with Crippen molar-refractivity contribution in [3.8, 4) is 5.75 Å². The van der Waals surface area contributed by atoms with Crippen molar-refractivity contribution in [1.82, 2.24) is 4.90 Å². The first kappa shape index (κ1) is 16.2. The molecule has 0 aromatic heterocycles. The van der Waals surface area contributed by atoms with Gasteiger partial charge >= 0.3 is 0 Å². The summed E-state index contributed by atoms with van der Waals surface area (Å²) in [5.74, 6) is 0.222. The van der Waals surface area contributed by atoms with Crippen molar-refractivity contribution in [3.05, 3.63) is 28.8 Å². The molecule has 21 heavy (non-hydrogen) atoms. The average molecular weight is 298 g/mol. The van der Waals surface area contributed by atoms with E-state index in [2.05, 4.69) is 4.90 Å². The second-order valence-corrected chi connectivity index (χ2v) is 6.30. The number of halogens is 2. The zero-order valence-corrected chi connectivity index (χ0v) is 12.8. The maximum atomic E-state index is 13.2. The Morgan fingerprint density at radius 1 is 1.38 bits per heavy atom. The maximum Gasteiger partial charge on any atom is 0.267 e. The van der Waals surface area contributed by atoms with E-state index >= 15 is 0 Å². The molecule has 1 aromatic rings. The lowest BCUT2D eigenvalue weighted by Crippen LogP contribution is -2.21. The number of nitrogens with zero attached hydrogens (tertiary/aromatic N) is 1. The van der Waals surface area contributed by atoms with E-state index < -0.39 is 6.43 Å². The van der Waals surface area contributed by atoms with Crippen molar-refractivity contribution in [2.75, 3.05) is 20.1 Å². The van der Waals surface area contributed by atoms with Gasteiger partial charge in [-0.3, -0.25) is 4.90 Å². The van der Waals surface area contributed by atoms with Gasteiger partial charge in [0.2, 0.25) is 0 Å². The maximum absolute atomic E-state index is 13.2. The molecule has 2 rings (SSSR count). The van der Waals surface area contributed by atoms with Gasteiger partial charge in [0.1, 0.15) is 5.75 Å². The molecule has 1 heterocycles. The molecular formula is C16H24F2N2O. The van der Waals surface area contributed by atoms with Crippen LogP contribution in [0, 0.1) is 5.92 Å². The molecule has 118 valence electrons. The van der Waals surface area contributed by atoms with Crippen LogP contribution in [0.3, 0.4) is 0 Å². The molecule has 0 spiro atoms. The Morgan fingerprint density at radius 2 is 2.05 bits per heavy atom. The zero-order valence-electron chi connectivity index (χ0n) is 12.8. The Balaban J connectivity index is 2.47. The number of benzene rings is 1. The van der Waals surface area contributed by atoms with Gasteiger partial charge in [-0.25, -0.2) is 8.78 Å². The predicted octanol–water partition coefficient (Wildman–Crippen LogP) is 3.40. The minimum absolute atomic E-state index is 0.0465. The van der Waals surface area contributed by atoms with Gasteiger partial charge in [0.05, 0.1) is 5.56 Å². The quantitative estimate of drug-likeness (QED) is 0.895. The van der Waals surface area contributed by atoms with E-state index in [0.29, 0.717) is 18.0 Å². The molecule has 1 aromatic carbocycles. The number of alkyl halides is 2. The van der Waals surface area contributed by atoms with E-state index in [1.165, 1.54) is 6.07 Å². The van der Waals surface area contributed by atoms with Gasteiger partial charge < -0.3 is 10.8 Å². The van der Waals surface area contributed by atoms with Gasteiger partial charge in [-0.2, -0.15) is 0 Å². The standard InChI is InChI=1S/C16H24F2N2O/c1-9(2)11-5-12(15(21)13(6-11)16(17)18)14-4-10(7-19)8-20(14)3/h5-6,9-10,14,16,21H,4,7-8,19H2,1-3H3. The van der Waals surface area contributed by atoms with Gasteiger partial charge in [0.25, 0.3) is 6.43 Å². The highest BCUT2D eigenvalue weighted by Crippen LogP contribution is 2.43. The molecule has 0 bridgehead atoms. The number of hydrogen-bond acceptors (Lipinski definition) is 3. The number of phenolic OH excluding ortho intramolecular Hbond substituents is 1. The first-order chi connectivity index (χ1) is 9.85. The summed E-state index contributed by atoms with van der Waals surface area (Å²) in [6.07, 6.45) is -1.87. The minimum Gasteiger partial charge on any atom is -0.507 e. The van der Waals surface area contributed by atoms with E-state index in [-0.39, 0.29) is 23.3 Å². The number of rotatable bonds is 4. The Labute approximate surface area is 124 Å². The van der Waals surface area contributed by atoms with E-state index in [1.807, 2.05) is 27.0 Å². The van der Waals surface area contributed by atoms with Crippen LogP contribution < -0.4 is 5.73 Å². The fourth-order valence-electron chi connectivity index (χ4n) is 3.10.